The molecule has 104 valence electrons. The van der Waals surface area contributed by atoms with E-state index in [1.807, 2.05) is 6.07 Å². The topological polar surface area (TPSA) is 86.5 Å². The van der Waals surface area contributed by atoms with Crippen LogP contribution in [0.2, 0.25) is 0 Å². The second-order valence-electron chi connectivity index (χ2n) is 4.45. The lowest BCUT2D eigenvalue weighted by Gasteiger charge is -2.13. The number of methoxy groups -OCH3 is 1. The van der Waals surface area contributed by atoms with E-state index in [0.29, 0.717) is 19.0 Å². The lowest BCUT2D eigenvalue weighted by Crippen LogP contribution is -2.35. The van der Waals surface area contributed by atoms with Crippen LogP contribution in [0.25, 0.3) is 0 Å². The highest BCUT2D eigenvalue weighted by Crippen LogP contribution is 2.19. The van der Waals surface area contributed by atoms with Gasteiger partial charge in [0.05, 0.1) is 13.2 Å². The summed E-state index contributed by atoms with van der Waals surface area (Å²) in [5, 5.41) is 2.84. The Bertz CT molecular complexity index is 439. The molecule has 1 aromatic rings. The number of carbonyl (C=O) groups is 1. The monoisotopic (exact) mass is 265 g/mol. The molecular weight excluding hydrogens is 246 g/mol. The van der Waals surface area contributed by atoms with Crippen molar-refractivity contribution in [3.05, 3.63) is 23.9 Å². The van der Waals surface area contributed by atoms with E-state index in [1.54, 1.807) is 19.4 Å². The second-order valence-corrected chi connectivity index (χ2v) is 4.45. The fourth-order valence-electron chi connectivity index (χ4n) is 2.11. The number of amides is 1. The van der Waals surface area contributed by atoms with Crippen molar-refractivity contribution in [3.8, 4) is 5.88 Å². The second kappa shape index (κ2) is 6.49. The van der Waals surface area contributed by atoms with Crippen molar-refractivity contribution in [2.45, 2.75) is 31.6 Å². The molecule has 1 fully saturated rings. The molecule has 0 spiro atoms. The molecule has 2 atom stereocenters. The summed E-state index contributed by atoms with van der Waals surface area (Å²) >= 11 is 0. The number of nitrogens with two attached hydrogens (primary N) is 1. The highest BCUT2D eigenvalue weighted by molar-refractivity contribution is 5.81. The van der Waals surface area contributed by atoms with Crippen LogP contribution in [0.4, 0.5) is 0 Å². The summed E-state index contributed by atoms with van der Waals surface area (Å²) in [4.78, 5) is 16.0. The summed E-state index contributed by atoms with van der Waals surface area (Å²) in [5.74, 6) is 0.414. The average molecular weight is 265 g/mol. The highest BCUT2D eigenvalue weighted by atomic mass is 16.5. The molecular formula is C13H19N3O3. The van der Waals surface area contributed by atoms with Crippen molar-refractivity contribution in [1.82, 2.24) is 10.3 Å². The number of ether oxygens (including phenoxy) is 2. The summed E-state index contributed by atoms with van der Waals surface area (Å²) < 4.78 is 10.7. The van der Waals surface area contributed by atoms with E-state index in [4.69, 9.17) is 15.2 Å². The zero-order valence-electron chi connectivity index (χ0n) is 11.0. The Morgan fingerprint density at radius 1 is 1.63 bits per heavy atom. The van der Waals surface area contributed by atoms with Crippen LogP contribution in [0.5, 0.6) is 5.88 Å². The zero-order chi connectivity index (χ0) is 13.7. The SMILES string of the molecule is COc1ncccc1CNC(=O)C1CCC(CN)O1. The van der Waals surface area contributed by atoms with Crippen LogP contribution in [-0.4, -0.2) is 36.8 Å². The van der Waals surface area contributed by atoms with Crippen LogP contribution in [0, 0.1) is 0 Å². The summed E-state index contributed by atoms with van der Waals surface area (Å²) in [7, 11) is 1.56. The predicted octanol–water partition coefficient (Wildman–Crippen LogP) is 0.213. The molecule has 6 nitrogen and oxygen atoms in total. The maximum absolute atomic E-state index is 11.9. The van der Waals surface area contributed by atoms with Crippen molar-refractivity contribution in [1.29, 1.82) is 0 Å². The van der Waals surface area contributed by atoms with Crippen molar-refractivity contribution in [2.75, 3.05) is 13.7 Å². The molecule has 0 bridgehead atoms. The fraction of sp³-hybridized carbons (Fsp3) is 0.538. The van der Waals surface area contributed by atoms with Gasteiger partial charge in [0.1, 0.15) is 6.10 Å². The number of nitrogens with one attached hydrogen (secondary N) is 1. The molecule has 2 unspecified atom stereocenters. The Kier molecular flexibility index (Phi) is 4.70. The molecule has 6 heteroatoms. The third-order valence-electron chi connectivity index (χ3n) is 3.16. The first kappa shape index (κ1) is 13.8. The minimum Gasteiger partial charge on any atom is -0.481 e. The van der Waals surface area contributed by atoms with Crippen LogP contribution in [0.3, 0.4) is 0 Å². The van der Waals surface area contributed by atoms with Crippen LogP contribution in [0.1, 0.15) is 18.4 Å². The van der Waals surface area contributed by atoms with Gasteiger partial charge in [-0.25, -0.2) is 4.98 Å². The van der Waals surface area contributed by atoms with E-state index in [9.17, 15) is 4.79 Å². The molecule has 2 heterocycles. The summed E-state index contributed by atoms with van der Waals surface area (Å²) in [6.45, 7) is 0.837. The van der Waals surface area contributed by atoms with Crippen molar-refractivity contribution in [3.63, 3.8) is 0 Å². The van der Waals surface area contributed by atoms with Gasteiger partial charge < -0.3 is 20.5 Å². The van der Waals surface area contributed by atoms with Crippen LogP contribution < -0.4 is 15.8 Å². The van der Waals surface area contributed by atoms with Gasteiger partial charge in [-0.3, -0.25) is 4.79 Å². The standard InChI is InChI=1S/C13H19N3O3/c1-18-13-9(3-2-6-15-13)8-16-12(17)11-5-4-10(7-14)19-11/h2-3,6,10-11H,4-5,7-8,14H2,1H3,(H,16,17). The Balaban J connectivity index is 1.87. The highest BCUT2D eigenvalue weighted by Gasteiger charge is 2.29. The number of rotatable bonds is 5. The first-order valence-corrected chi connectivity index (χ1v) is 6.35. The third-order valence-corrected chi connectivity index (χ3v) is 3.16. The third kappa shape index (κ3) is 3.42. The molecule has 0 saturated carbocycles. The molecule has 1 saturated heterocycles. The first-order chi connectivity index (χ1) is 9.24. The van der Waals surface area contributed by atoms with Crippen LogP contribution >= 0.6 is 0 Å². The quantitative estimate of drug-likeness (QED) is 0.795. The van der Waals surface area contributed by atoms with Gasteiger partial charge in [-0.2, -0.15) is 0 Å². The van der Waals surface area contributed by atoms with Gasteiger partial charge in [-0.15, -0.1) is 0 Å². The number of nitrogens with zero attached hydrogens (tertiary/aromatic N) is 1. The number of carbonyl (C=O) groups excluding carboxylic acids is 1. The summed E-state index contributed by atoms with van der Waals surface area (Å²) in [6.07, 6.45) is 2.82. The Hall–Kier alpha value is -1.66. The lowest BCUT2D eigenvalue weighted by atomic mass is 10.2. The van der Waals surface area contributed by atoms with Crippen LogP contribution in [0.15, 0.2) is 18.3 Å². The largest absolute Gasteiger partial charge is 0.481 e. The lowest BCUT2D eigenvalue weighted by molar-refractivity contribution is -0.132. The van der Waals surface area contributed by atoms with Gasteiger partial charge in [-0.05, 0) is 18.9 Å². The molecule has 19 heavy (non-hydrogen) atoms. The van der Waals surface area contributed by atoms with Crippen LogP contribution in [-0.2, 0) is 16.1 Å². The van der Waals surface area contributed by atoms with Gasteiger partial charge in [0.2, 0.25) is 11.8 Å². The van der Waals surface area contributed by atoms with Gasteiger partial charge in [0.25, 0.3) is 0 Å². The van der Waals surface area contributed by atoms with Gasteiger partial charge >= 0.3 is 0 Å². The van der Waals surface area contributed by atoms with E-state index in [1.165, 1.54) is 0 Å². The molecule has 0 aromatic carbocycles. The van der Waals surface area contributed by atoms with Gasteiger partial charge in [0, 0.05) is 24.8 Å². The summed E-state index contributed by atoms with van der Waals surface area (Å²) in [6, 6.07) is 3.67. The molecule has 0 radical (unpaired) electrons. The van der Waals surface area contributed by atoms with Crippen molar-refractivity contribution < 1.29 is 14.3 Å². The van der Waals surface area contributed by atoms with E-state index in [-0.39, 0.29) is 12.0 Å². The Morgan fingerprint density at radius 2 is 2.47 bits per heavy atom. The molecule has 1 amide bonds. The molecule has 1 aliphatic heterocycles. The number of hydrogen-bond acceptors (Lipinski definition) is 5. The van der Waals surface area contributed by atoms with E-state index in [2.05, 4.69) is 10.3 Å². The average Bonchev–Trinajstić information content (AvgIpc) is 2.94. The smallest absolute Gasteiger partial charge is 0.249 e. The molecule has 2 rings (SSSR count). The van der Waals surface area contributed by atoms with E-state index >= 15 is 0 Å². The maximum atomic E-state index is 11.9. The first-order valence-electron chi connectivity index (χ1n) is 6.35. The minimum absolute atomic E-state index is 0.00341. The Labute approximate surface area is 112 Å². The van der Waals surface area contributed by atoms with Gasteiger partial charge in [-0.1, -0.05) is 6.07 Å². The number of aromatic nitrogens is 1. The van der Waals surface area contributed by atoms with E-state index < -0.39 is 6.10 Å². The van der Waals surface area contributed by atoms with E-state index in [0.717, 1.165) is 18.4 Å². The predicted molar refractivity (Wildman–Crippen MR) is 69.6 cm³/mol. The van der Waals surface area contributed by atoms with Crippen molar-refractivity contribution >= 4 is 5.91 Å². The van der Waals surface area contributed by atoms with Gasteiger partial charge in [0.15, 0.2) is 0 Å². The molecule has 0 aliphatic carbocycles. The minimum atomic E-state index is -0.392. The molecule has 1 aromatic heterocycles. The Morgan fingerprint density at radius 3 is 3.16 bits per heavy atom. The maximum Gasteiger partial charge on any atom is 0.249 e. The summed E-state index contributed by atoms with van der Waals surface area (Å²) in [5.41, 5.74) is 6.36. The molecule has 3 N–H and O–H groups in total. The number of hydrogen-bond donors (Lipinski definition) is 2. The van der Waals surface area contributed by atoms with Crippen molar-refractivity contribution in [2.24, 2.45) is 5.73 Å². The normalized spacial score (nSPS) is 22.2. The number of pyridine rings is 1. The molecule has 1 aliphatic rings. The fourth-order valence-corrected chi connectivity index (χ4v) is 2.11. The zero-order valence-corrected chi connectivity index (χ0v) is 11.0.